The highest BCUT2D eigenvalue weighted by Gasteiger charge is 2.20. The highest BCUT2D eigenvalue weighted by Crippen LogP contribution is 2.38. The minimum absolute atomic E-state index is 0.0924. The molecule has 0 radical (unpaired) electrons. The second-order valence-electron chi connectivity index (χ2n) is 4.10. The zero-order chi connectivity index (χ0) is 13.9. The van der Waals surface area contributed by atoms with Crippen molar-refractivity contribution in [3.05, 3.63) is 63.9 Å². The Bertz CT molecular complexity index is 786. The van der Waals surface area contributed by atoms with Crippen LogP contribution in [-0.2, 0) is 0 Å². The zero-order valence-corrected chi connectivity index (χ0v) is 11.1. The molecule has 1 aromatic heterocycles. The molecule has 0 aliphatic carbocycles. The molecule has 0 saturated carbocycles. The number of rotatable bonds is 1. The average Bonchev–Trinajstić information content (AvgIpc) is 3.02. The molecular formula is C16H8N2OS. The second kappa shape index (κ2) is 5.05. The molecule has 0 saturated heterocycles. The molecular weight excluding hydrogens is 268 g/mol. The SMILES string of the molecule is N#CC(C#N)=C1C=C(c2cccs2)Oc2ccccc21. The van der Waals surface area contributed by atoms with Crippen LogP contribution in [0.5, 0.6) is 5.75 Å². The molecule has 0 amide bonds. The summed E-state index contributed by atoms with van der Waals surface area (Å²) in [7, 11) is 0. The summed E-state index contributed by atoms with van der Waals surface area (Å²) < 4.78 is 5.86. The fourth-order valence-electron chi connectivity index (χ4n) is 2.03. The van der Waals surface area contributed by atoms with Crippen LogP contribution in [0.4, 0.5) is 0 Å². The summed E-state index contributed by atoms with van der Waals surface area (Å²) in [6.07, 6.45) is 1.76. The van der Waals surface area contributed by atoms with Gasteiger partial charge in [0.15, 0.2) is 0 Å². The van der Waals surface area contributed by atoms with Gasteiger partial charge in [0.1, 0.15) is 29.2 Å². The van der Waals surface area contributed by atoms with Gasteiger partial charge in [0, 0.05) is 11.1 Å². The molecule has 94 valence electrons. The third-order valence-electron chi connectivity index (χ3n) is 2.93. The van der Waals surface area contributed by atoms with E-state index in [1.165, 1.54) is 0 Å². The predicted molar refractivity (Wildman–Crippen MR) is 77.5 cm³/mol. The van der Waals surface area contributed by atoms with Crippen molar-refractivity contribution in [3.8, 4) is 17.9 Å². The third-order valence-corrected chi connectivity index (χ3v) is 3.81. The van der Waals surface area contributed by atoms with E-state index in [4.69, 9.17) is 15.3 Å². The molecule has 0 N–H and O–H groups in total. The van der Waals surface area contributed by atoms with E-state index in [9.17, 15) is 0 Å². The van der Waals surface area contributed by atoms with Crippen molar-refractivity contribution in [2.24, 2.45) is 0 Å². The number of benzene rings is 1. The Morgan fingerprint density at radius 2 is 1.85 bits per heavy atom. The molecule has 2 aromatic rings. The molecule has 20 heavy (non-hydrogen) atoms. The first-order valence-corrected chi connectivity index (χ1v) is 6.78. The van der Waals surface area contributed by atoms with Crippen LogP contribution in [0.25, 0.3) is 11.3 Å². The summed E-state index contributed by atoms with van der Waals surface area (Å²) in [5, 5.41) is 20.2. The largest absolute Gasteiger partial charge is 0.455 e. The number of allylic oxidation sites excluding steroid dienone is 3. The Balaban J connectivity index is 2.24. The summed E-state index contributed by atoms with van der Waals surface area (Å²) in [4.78, 5) is 0.965. The van der Waals surface area contributed by atoms with Crippen LogP contribution in [0.1, 0.15) is 10.4 Å². The van der Waals surface area contributed by atoms with Crippen molar-refractivity contribution in [1.29, 1.82) is 10.5 Å². The van der Waals surface area contributed by atoms with Crippen LogP contribution in [-0.4, -0.2) is 0 Å². The fourth-order valence-corrected chi connectivity index (χ4v) is 2.71. The molecule has 0 spiro atoms. The molecule has 0 atom stereocenters. The Kier molecular flexibility index (Phi) is 3.09. The zero-order valence-electron chi connectivity index (χ0n) is 10.3. The van der Waals surface area contributed by atoms with Crippen LogP contribution >= 0.6 is 11.3 Å². The van der Waals surface area contributed by atoms with Crippen molar-refractivity contribution in [2.75, 3.05) is 0 Å². The molecule has 0 fully saturated rings. The minimum Gasteiger partial charge on any atom is -0.455 e. The maximum absolute atomic E-state index is 9.12. The lowest BCUT2D eigenvalue weighted by Gasteiger charge is -2.19. The van der Waals surface area contributed by atoms with Gasteiger partial charge in [-0.15, -0.1) is 11.3 Å². The number of nitrogens with zero attached hydrogens (tertiary/aromatic N) is 2. The van der Waals surface area contributed by atoms with Crippen LogP contribution in [0.15, 0.2) is 53.4 Å². The van der Waals surface area contributed by atoms with E-state index >= 15 is 0 Å². The van der Waals surface area contributed by atoms with E-state index in [1.54, 1.807) is 17.4 Å². The van der Waals surface area contributed by atoms with Gasteiger partial charge in [-0.1, -0.05) is 24.3 Å². The van der Waals surface area contributed by atoms with Gasteiger partial charge in [-0.2, -0.15) is 10.5 Å². The van der Waals surface area contributed by atoms with Crippen molar-refractivity contribution in [3.63, 3.8) is 0 Å². The second-order valence-corrected chi connectivity index (χ2v) is 5.04. The number of hydrogen-bond donors (Lipinski definition) is 0. The Morgan fingerprint density at radius 1 is 1.05 bits per heavy atom. The number of fused-ring (bicyclic) bond motifs is 1. The van der Waals surface area contributed by atoms with E-state index in [0.29, 0.717) is 17.1 Å². The molecule has 3 rings (SSSR count). The lowest BCUT2D eigenvalue weighted by Crippen LogP contribution is -2.03. The van der Waals surface area contributed by atoms with Gasteiger partial charge in [0.2, 0.25) is 0 Å². The topological polar surface area (TPSA) is 56.8 Å². The Morgan fingerprint density at radius 3 is 2.55 bits per heavy atom. The average molecular weight is 276 g/mol. The van der Waals surface area contributed by atoms with Crippen molar-refractivity contribution < 1.29 is 4.74 Å². The van der Waals surface area contributed by atoms with E-state index < -0.39 is 0 Å². The first-order chi connectivity index (χ1) is 9.83. The number of hydrogen-bond acceptors (Lipinski definition) is 4. The summed E-state index contributed by atoms with van der Waals surface area (Å²) >= 11 is 1.55. The van der Waals surface area contributed by atoms with E-state index in [-0.39, 0.29) is 5.57 Å². The third kappa shape index (κ3) is 1.99. The van der Waals surface area contributed by atoms with Gasteiger partial charge in [-0.25, -0.2) is 0 Å². The quantitative estimate of drug-likeness (QED) is 0.740. The first-order valence-electron chi connectivity index (χ1n) is 5.91. The van der Waals surface area contributed by atoms with E-state index in [2.05, 4.69) is 0 Å². The maximum Gasteiger partial charge on any atom is 0.145 e. The van der Waals surface area contributed by atoms with Gasteiger partial charge in [-0.05, 0) is 23.6 Å². The molecule has 1 aliphatic heterocycles. The smallest absolute Gasteiger partial charge is 0.145 e. The fraction of sp³-hybridized carbons (Fsp3) is 0. The van der Waals surface area contributed by atoms with Crippen molar-refractivity contribution in [2.45, 2.75) is 0 Å². The molecule has 4 heteroatoms. The van der Waals surface area contributed by atoms with Gasteiger partial charge in [0.05, 0.1) is 4.88 Å². The Labute approximate surface area is 120 Å². The first kappa shape index (κ1) is 12.2. The lowest BCUT2D eigenvalue weighted by atomic mass is 9.97. The lowest BCUT2D eigenvalue weighted by molar-refractivity contribution is 0.511. The van der Waals surface area contributed by atoms with Crippen LogP contribution in [0.3, 0.4) is 0 Å². The van der Waals surface area contributed by atoms with Gasteiger partial charge < -0.3 is 4.74 Å². The van der Waals surface area contributed by atoms with E-state index in [1.807, 2.05) is 53.9 Å². The van der Waals surface area contributed by atoms with Crippen LogP contribution in [0, 0.1) is 22.7 Å². The summed E-state index contributed by atoms with van der Waals surface area (Å²) in [5.74, 6) is 1.33. The maximum atomic E-state index is 9.12. The Hall–Kier alpha value is -2.82. The number of thiophene rings is 1. The number of ether oxygens (including phenoxy) is 1. The van der Waals surface area contributed by atoms with Crippen molar-refractivity contribution >= 4 is 22.7 Å². The highest BCUT2D eigenvalue weighted by molar-refractivity contribution is 7.11. The van der Waals surface area contributed by atoms with E-state index in [0.717, 1.165) is 10.4 Å². The van der Waals surface area contributed by atoms with Gasteiger partial charge in [0.25, 0.3) is 0 Å². The number of para-hydroxylation sites is 1. The standard InChI is InChI=1S/C16H8N2OS/c17-9-11(10-18)13-8-15(16-6-3-7-20-16)19-14-5-2-1-4-12(13)14/h1-8H. The molecule has 3 nitrogen and oxygen atoms in total. The van der Waals surface area contributed by atoms with Crippen molar-refractivity contribution in [1.82, 2.24) is 0 Å². The number of nitriles is 2. The predicted octanol–water partition coefficient (Wildman–Crippen LogP) is 3.98. The van der Waals surface area contributed by atoms with Gasteiger partial charge in [-0.3, -0.25) is 0 Å². The minimum atomic E-state index is 0.0924. The monoisotopic (exact) mass is 276 g/mol. The summed E-state index contributed by atoms with van der Waals surface area (Å²) in [6, 6.07) is 15.2. The van der Waals surface area contributed by atoms with Crippen LogP contribution in [0.2, 0.25) is 0 Å². The van der Waals surface area contributed by atoms with Gasteiger partial charge >= 0.3 is 0 Å². The molecule has 0 bridgehead atoms. The molecule has 1 aromatic carbocycles. The van der Waals surface area contributed by atoms with Crippen LogP contribution < -0.4 is 4.74 Å². The molecule has 1 aliphatic rings. The normalized spacial score (nSPS) is 12.5. The highest BCUT2D eigenvalue weighted by atomic mass is 32.1. The summed E-state index contributed by atoms with van der Waals surface area (Å²) in [6.45, 7) is 0. The summed E-state index contributed by atoms with van der Waals surface area (Å²) in [5.41, 5.74) is 1.47. The molecule has 2 heterocycles. The molecule has 0 unspecified atom stereocenters.